The van der Waals surface area contributed by atoms with Crippen LogP contribution in [0, 0.1) is 5.92 Å². The van der Waals surface area contributed by atoms with Crippen molar-refractivity contribution in [2.45, 2.75) is 20.3 Å². The van der Waals surface area contributed by atoms with Crippen molar-refractivity contribution >= 4 is 5.71 Å². The average Bonchev–Trinajstić information content (AvgIpc) is 2.22. The first-order chi connectivity index (χ1) is 3.34. The topological polar surface area (TPSA) is 12.4 Å². The van der Waals surface area contributed by atoms with E-state index in [1.807, 2.05) is 0 Å². The van der Waals surface area contributed by atoms with Crippen LogP contribution in [0.15, 0.2) is 4.99 Å². The Balaban J connectivity index is 2.30. The first-order valence-electron chi connectivity index (χ1n) is 2.87. The molecule has 1 aliphatic carbocycles. The SMILES string of the molecule is CCN=C1CC1C. The summed E-state index contributed by atoms with van der Waals surface area (Å²) in [6.07, 6.45) is 1.26. The van der Waals surface area contributed by atoms with Crippen LogP contribution in [0.4, 0.5) is 0 Å². The Bertz CT molecular complexity index is 94.4. The molecule has 1 rings (SSSR count). The van der Waals surface area contributed by atoms with Gasteiger partial charge in [-0.15, -0.1) is 0 Å². The van der Waals surface area contributed by atoms with E-state index in [-0.39, 0.29) is 0 Å². The second-order valence-corrected chi connectivity index (χ2v) is 2.07. The molecule has 0 amide bonds. The molecule has 0 bridgehead atoms. The molecule has 7 heavy (non-hydrogen) atoms. The van der Waals surface area contributed by atoms with Crippen LogP contribution in [0.5, 0.6) is 0 Å². The second kappa shape index (κ2) is 1.65. The van der Waals surface area contributed by atoms with Crippen LogP contribution < -0.4 is 0 Å². The highest BCUT2D eigenvalue weighted by molar-refractivity contribution is 6.00. The predicted octanol–water partition coefficient (Wildman–Crippen LogP) is 1.49. The smallest absolute Gasteiger partial charge is 0.0360 e. The van der Waals surface area contributed by atoms with E-state index in [1.165, 1.54) is 12.1 Å². The fraction of sp³-hybridized carbons (Fsp3) is 0.833. The number of rotatable bonds is 1. The van der Waals surface area contributed by atoms with Gasteiger partial charge in [-0.25, -0.2) is 0 Å². The largest absolute Gasteiger partial charge is 0.294 e. The molecule has 0 heterocycles. The maximum absolute atomic E-state index is 4.23. The van der Waals surface area contributed by atoms with Crippen LogP contribution in [0.1, 0.15) is 20.3 Å². The molecule has 0 aliphatic heterocycles. The molecule has 0 aromatic rings. The molecule has 0 spiro atoms. The predicted molar refractivity (Wildman–Crippen MR) is 31.8 cm³/mol. The molecule has 0 saturated heterocycles. The molecule has 0 N–H and O–H groups in total. The van der Waals surface area contributed by atoms with Gasteiger partial charge in [-0.05, 0) is 19.3 Å². The summed E-state index contributed by atoms with van der Waals surface area (Å²) in [6.45, 7) is 5.27. The van der Waals surface area contributed by atoms with Crippen molar-refractivity contribution in [3.63, 3.8) is 0 Å². The number of hydrogen-bond donors (Lipinski definition) is 0. The molecule has 1 saturated carbocycles. The Morgan fingerprint density at radius 3 is 2.57 bits per heavy atom. The minimum atomic E-state index is 0.819. The van der Waals surface area contributed by atoms with Crippen molar-refractivity contribution in [3.8, 4) is 0 Å². The van der Waals surface area contributed by atoms with Gasteiger partial charge in [0.25, 0.3) is 0 Å². The van der Waals surface area contributed by atoms with E-state index >= 15 is 0 Å². The molecule has 0 radical (unpaired) electrons. The summed E-state index contributed by atoms with van der Waals surface area (Å²) < 4.78 is 0. The maximum Gasteiger partial charge on any atom is 0.0360 e. The first-order valence-corrected chi connectivity index (χ1v) is 2.87. The van der Waals surface area contributed by atoms with E-state index in [1.54, 1.807) is 0 Å². The van der Waals surface area contributed by atoms with Crippen LogP contribution in [-0.2, 0) is 0 Å². The molecule has 1 fully saturated rings. The van der Waals surface area contributed by atoms with E-state index in [9.17, 15) is 0 Å². The van der Waals surface area contributed by atoms with Crippen LogP contribution in [0.2, 0.25) is 0 Å². The molecule has 1 heteroatoms. The molecule has 0 aromatic heterocycles. The molecule has 1 unspecified atom stereocenters. The van der Waals surface area contributed by atoms with Crippen LogP contribution in [-0.4, -0.2) is 12.3 Å². The summed E-state index contributed by atoms with van der Waals surface area (Å²) in [4.78, 5) is 4.23. The molecule has 1 aliphatic rings. The van der Waals surface area contributed by atoms with Gasteiger partial charge in [0.2, 0.25) is 0 Å². The van der Waals surface area contributed by atoms with Gasteiger partial charge in [0, 0.05) is 12.3 Å². The van der Waals surface area contributed by atoms with E-state index in [2.05, 4.69) is 18.8 Å². The minimum Gasteiger partial charge on any atom is -0.294 e. The standard InChI is InChI=1S/C6H11N/c1-3-7-6-4-5(6)2/h5H,3-4H2,1-2H3. The van der Waals surface area contributed by atoms with Crippen molar-refractivity contribution in [1.29, 1.82) is 0 Å². The Hall–Kier alpha value is -0.330. The van der Waals surface area contributed by atoms with Gasteiger partial charge in [-0.2, -0.15) is 0 Å². The van der Waals surface area contributed by atoms with Gasteiger partial charge >= 0.3 is 0 Å². The van der Waals surface area contributed by atoms with Crippen LogP contribution in [0.3, 0.4) is 0 Å². The lowest BCUT2D eigenvalue weighted by atomic mass is 10.5. The monoisotopic (exact) mass is 97.1 g/mol. The summed E-state index contributed by atoms with van der Waals surface area (Å²) >= 11 is 0. The lowest BCUT2D eigenvalue weighted by Crippen LogP contribution is -1.72. The molecule has 40 valence electrons. The third-order valence-electron chi connectivity index (χ3n) is 1.29. The van der Waals surface area contributed by atoms with Crippen molar-refractivity contribution in [1.82, 2.24) is 0 Å². The maximum atomic E-state index is 4.23. The number of hydrogen-bond acceptors (Lipinski definition) is 1. The van der Waals surface area contributed by atoms with E-state index < -0.39 is 0 Å². The summed E-state index contributed by atoms with van der Waals surface area (Å²) in [5.74, 6) is 0.819. The highest BCUT2D eigenvalue weighted by Crippen LogP contribution is 2.24. The van der Waals surface area contributed by atoms with Gasteiger partial charge in [-0.1, -0.05) is 6.92 Å². The van der Waals surface area contributed by atoms with E-state index in [0.717, 1.165) is 12.5 Å². The minimum absolute atomic E-state index is 0.819. The Morgan fingerprint density at radius 2 is 2.43 bits per heavy atom. The lowest BCUT2D eigenvalue weighted by molar-refractivity contribution is 1.03. The van der Waals surface area contributed by atoms with Crippen LogP contribution in [0.25, 0.3) is 0 Å². The Morgan fingerprint density at radius 1 is 1.86 bits per heavy atom. The Kier molecular flexibility index (Phi) is 1.13. The second-order valence-electron chi connectivity index (χ2n) is 2.07. The van der Waals surface area contributed by atoms with E-state index in [4.69, 9.17) is 0 Å². The quantitative estimate of drug-likeness (QED) is 0.470. The highest BCUT2D eigenvalue weighted by Gasteiger charge is 2.24. The fourth-order valence-corrected chi connectivity index (χ4v) is 0.678. The van der Waals surface area contributed by atoms with Gasteiger partial charge < -0.3 is 0 Å². The molecule has 1 nitrogen and oxygen atoms in total. The van der Waals surface area contributed by atoms with Crippen LogP contribution >= 0.6 is 0 Å². The van der Waals surface area contributed by atoms with Crippen molar-refractivity contribution in [3.05, 3.63) is 0 Å². The summed E-state index contributed by atoms with van der Waals surface area (Å²) in [6, 6.07) is 0. The molecular formula is C6H11N. The normalized spacial score (nSPS) is 34.0. The third kappa shape index (κ3) is 1.02. The molecular weight excluding hydrogens is 86.1 g/mol. The molecule has 1 atom stereocenters. The van der Waals surface area contributed by atoms with Crippen molar-refractivity contribution < 1.29 is 0 Å². The van der Waals surface area contributed by atoms with Crippen molar-refractivity contribution in [2.75, 3.05) is 6.54 Å². The van der Waals surface area contributed by atoms with Gasteiger partial charge in [-0.3, -0.25) is 4.99 Å². The number of nitrogens with zero attached hydrogens (tertiary/aromatic N) is 1. The Labute approximate surface area is 44.5 Å². The zero-order valence-electron chi connectivity index (χ0n) is 4.94. The van der Waals surface area contributed by atoms with Gasteiger partial charge in [0.15, 0.2) is 0 Å². The summed E-state index contributed by atoms with van der Waals surface area (Å²) in [7, 11) is 0. The zero-order chi connectivity index (χ0) is 5.28. The van der Waals surface area contributed by atoms with Gasteiger partial charge in [0.1, 0.15) is 0 Å². The fourth-order valence-electron chi connectivity index (χ4n) is 0.678. The highest BCUT2D eigenvalue weighted by atomic mass is 14.8. The van der Waals surface area contributed by atoms with E-state index in [0.29, 0.717) is 0 Å². The van der Waals surface area contributed by atoms with Gasteiger partial charge in [0.05, 0.1) is 0 Å². The first kappa shape index (κ1) is 4.82. The summed E-state index contributed by atoms with van der Waals surface area (Å²) in [5.41, 5.74) is 1.42. The number of aliphatic imine (C=N–C) groups is 1. The average molecular weight is 97.2 g/mol. The summed E-state index contributed by atoms with van der Waals surface area (Å²) in [5, 5.41) is 0. The lowest BCUT2D eigenvalue weighted by Gasteiger charge is -1.73. The third-order valence-corrected chi connectivity index (χ3v) is 1.29. The zero-order valence-corrected chi connectivity index (χ0v) is 4.94. The molecule has 0 aromatic carbocycles. The van der Waals surface area contributed by atoms with Crippen molar-refractivity contribution in [2.24, 2.45) is 10.9 Å².